The van der Waals surface area contributed by atoms with Crippen molar-refractivity contribution in [2.75, 3.05) is 5.32 Å². The second-order valence-corrected chi connectivity index (χ2v) is 3.91. The molecule has 5 heteroatoms. The fourth-order valence-corrected chi connectivity index (χ4v) is 1.54. The molecule has 0 aliphatic carbocycles. The van der Waals surface area contributed by atoms with Crippen molar-refractivity contribution >= 4 is 27.4 Å². The zero-order valence-electron chi connectivity index (χ0n) is 8.05. The van der Waals surface area contributed by atoms with Crippen molar-refractivity contribution < 1.29 is 8.78 Å². The number of nitrogens with one attached hydrogen (secondary N) is 1. The number of halogens is 3. The molecule has 0 saturated carbocycles. The number of aromatic nitrogens is 1. The number of hydrogen-bond donors (Lipinski definition) is 1. The number of benzene rings is 1. The van der Waals surface area contributed by atoms with Gasteiger partial charge in [-0.3, -0.25) is 0 Å². The second kappa shape index (κ2) is 4.57. The molecule has 0 aliphatic heterocycles. The molecule has 0 aliphatic rings. The average molecular weight is 285 g/mol. The molecule has 2 nitrogen and oxygen atoms in total. The third-order valence-electron chi connectivity index (χ3n) is 1.91. The van der Waals surface area contributed by atoms with E-state index in [2.05, 4.69) is 26.2 Å². The van der Waals surface area contributed by atoms with Gasteiger partial charge in [-0.05, 0) is 40.2 Å². The van der Waals surface area contributed by atoms with Crippen LogP contribution in [0.25, 0.3) is 0 Å². The molecule has 2 rings (SSSR count). The number of pyridine rings is 1. The van der Waals surface area contributed by atoms with E-state index >= 15 is 0 Å². The van der Waals surface area contributed by atoms with Crippen LogP contribution in [0.5, 0.6) is 0 Å². The van der Waals surface area contributed by atoms with E-state index in [1.54, 1.807) is 18.2 Å². The molecule has 1 aromatic heterocycles. The molecule has 1 aromatic carbocycles. The number of anilines is 2. The smallest absolute Gasteiger partial charge is 0.160 e. The highest BCUT2D eigenvalue weighted by Crippen LogP contribution is 2.18. The average Bonchev–Trinajstić information content (AvgIpc) is 2.24. The van der Waals surface area contributed by atoms with E-state index < -0.39 is 11.6 Å². The first-order valence-corrected chi connectivity index (χ1v) is 5.29. The van der Waals surface area contributed by atoms with Gasteiger partial charge in [0.1, 0.15) is 10.4 Å². The van der Waals surface area contributed by atoms with Gasteiger partial charge in [-0.1, -0.05) is 6.07 Å². The van der Waals surface area contributed by atoms with Crippen LogP contribution in [0.1, 0.15) is 0 Å². The molecule has 0 bridgehead atoms. The van der Waals surface area contributed by atoms with Crippen LogP contribution < -0.4 is 5.32 Å². The Morgan fingerprint density at radius 3 is 2.56 bits per heavy atom. The first kappa shape index (κ1) is 11.0. The van der Waals surface area contributed by atoms with E-state index in [4.69, 9.17) is 0 Å². The molecule has 0 saturated heterocycles. The Morgan fingerprint density at radius 2 is 1.88 bits per heavy atom. The molecule has 1 N–H and O–H groups in total. The maximum Gasteiger partial charge on any atom is 0.160 e. The number of rotatable bonds is 2. The summed E-state index contributed by atoms with van der Waals surface area (Å²) in [7, 11) is 0. The minimum absolute atomic E-state index is 0.449. The van der Waals surface area contributed by atoms with Gasteiger partial charge in [0.2, 0.25) is 0 Å². The minimum Gasteiger partial charge on any atom is -0.340 e. The van der Waals surface area contributed by atoms with Crippen LogP contribution in [0, 0.1) is 11.6 Å². The molecule has 0 amide bonds. The molecule has 0 unspecified atom stereocenters. The van der Waals surface area contributed by atoms with Crippen molar-refractivity contribution in [2.45, 2.75) is 0 Å². The summed E-state index contributed by atoms with van der Waals surface area (Å²) < 4.78 is 26.3. The summed E-state index contributed by atoms with van der Waals surface area (Å²) in [6.45, 7) is 0. The Balaban J connectivity index is 2.24. The molecule has 0 spiro atoms. The van der Waals surface area contributed by atoms with Crippen molar-refractivity contribution in [1.29, 1.82) is 0 Å². The molecule has 0 atom stereocenters. The maximum atomic E-state index is 12.9. The van der Waals surface area contributed by atoms with Crippen LogP contribution in [0.4, 0.5) is 20.3 Å². The lowest BCUT2D eigenvalue weighted by Crippen LogP contribution is -1.95. The summed E-state index contributed by atoms with van der Waals surface area (Å²) in [4.78, 5) is 4.11. The van der Waals surface area contributed by atoms with Crippen LogP contribution in [-0.4, -0.2) is 4.98 Å². The lowest BCUT2D eigenvalue weighted by Gasteiger charge is -2.05. The van der Waals surface area contributed by atoms with Gasteiger partial charge in [0.25, 0.3) is 0 Å². The van der Waals surface area contributed by atoms with E-state index in [0.29, 0.717) is 16.1 Å². The van der Waals surface area contributed by atoms with Gasteiger partial charge in [-0.15, -0.1) is 0 Å². The maximum absolute atomic E-state index is 12.9. The molecule has 82 valence electrons. The molecule has 16 heavy (non-hydrogen) atoms. The summed E-state index contributed by atoms with van der Waals surface area (Å²) in [6.07, 6.45) is 0. The van der Waals surface area contributed by atoms with Crippen molar-refractivity contribution in [2.24, 2.45) is 0 Å². The predicted octanol–water partition coefficient (Wildman–Crippen LogP) is 3.87. The zero-order valence-corrected chi connectivity index (χ0v) is 9.63. The molecular formula is C11H7BrF2N2. The lowest BCUT2D eigenvalue weighted by molar-refractivity contribution is 0.509. The van der Waals surface area contributed by atoms with Gasteiger partial charge in [-0.25, -0.2) is 13.8 Å². The number of nitrogens with zero attached hydrogens (tertiary/aromatic N) is 1. The fourth-order valence-electron chi connectivity index (χ4n) is 1.20. The van der Waals surface area contributed by atoms with E-state index in [1.165, 1.54) is 6.07 Å². The third-order valence-corrected chi connectivity index (χ3v) is 2.35. The first-order chi connectivity index (χ1) is 7.65. The second-order valence-electron chi connectivity index (χ2n) is 3.10. The van der Waals surface area contributed by atoms with Crippen LogP contribution in [0.2, 0.25) is 0 Å². The van der Waals surface area contributed by atoms with Gasteiger partial charge >= 0.3 is 0 Å². The van der Waals surface area contributed by atoms with Gasteiger partial charge in [0, 0.05) is 11.8 Å². The normalized spacial score (nSPS) is 10.2. The summed E-state index contributed by atoms with van der Waals surface area (Å²) >= 11 is 3.22. The topological polar surface area (TPSA) is 24.9 Å². The van der Waals surface area contributed by atoms with Crippen molar-refractivity contribution in [3.63, 3.8) is 0 Å². The van der Waals surface area contributed by atoms with E-state index in [-0.39, 0.29) is 0 Å². The van der Waals surface area contributed by atoms with Crippen molar-refractivity contribution in [3.05, 3.63) is 52.6 Å². The SMILES string of the molecule is Fc1ccc(Nc2cccc(Br)n2)cc1F. The van der Waals surface area contributed by atoms with Crippen LogP contribution in [0.15, 0.2) is 41.0 Å². The quantitative estimate of drug-likeness (QED) is 0.847. The summed E-state index contributed by atoms with van der Waals surface area (Å²) in [6, 6.07) is 8.89. The monoisotopic (exact) mass is 284 g/mol. The lowest BCUT2D eigenvalue weighted by atomic mass is 10.3. The molecule has 0 fully saturated rings. The van der Waals surface area contributed by atoms with Crippen molar-refractivity contribution in [3.8, 4) is 0 Å². The molecular weight excluding hydrogens is 278 g/mol. The Hall–Kier alpha value is -1.49. The molecule has 0 radical (unpaired) electrons. The Kier molecular flexibility index (Phi) is 3.14. The summed E-state index contributed by atoms with van der Waals surface area (Å²) in [5.41, 5.74) is 0.449. The van der Waals surface area contributed by atoms with Crippen LogP contribution in [-0.2, 0) is 0 Å². The summed E-state index contributed by atoms with van der Waals surface area (Å²) in [5.74, 6) is -1.20. The minimum atomic E-state index is -0.889. The molecule has 2 aromatic rings. The van der Waals surface area contributed by atoms with Gasteiger partial charge in [-0.2, -0.15) is 0 Å². The third kappa shape index (κ3) is 2.55. The zero-order chi connectivity index (χ0) is 11.5. The Morgan fingerprint density at radius 1 is 1.06 bits per heavy atom. The van der Waals surface area contributed by atoms with Crippen LogP contribution in [0.3, 0.4) is 0 Å². The largest absolute Gasteiger partial charge is 0.340 e. The highest BCUT2D eigenvalue weighted by Gasteiger charge is 2.03. The van der Waals surface area contributed by atoms with E-state index in [0.717, 1.165) is 12.1 Å². The fraction of sp³-hybridized carbons (Fsp3) is 0. The Bertz CT molecular complexity index is 517. The summed E-state index contributed by atoms with van der Waals surface area (Å²) in [5, 5.41) is 2.86. The Labute approximate surface area is 99.5 Å². The van der Waals surface area contributed by atoms with Gasteiger partial charge in [0.15, 0.2) is 11.6 Å². The first-order valence-electron chi connectivity index (χ1n) is 4.50. The van der Waals surface area contributed by atoms with E-state index in [9.17, 15) is 8.78 Å². The number of hydrogen-bond acceptors (Lipinski definition) is 2. The standard InChI is InChI=1S/C11H7BrF2N2/c12-10-2-1-3-11(16-10)15-7-4-5-8(13)9(14)6-7/h1-6H,(H,15,16). The van der Waals surface area contributed by atoms with Crippen molar-refractivity contribution in [1.82, 2.24) is 4.98 Å². The molecule has 1 heterocycles. The van der Waals surface area contributed by atoms with Gasteiger partial charge < -0.3 is 5.32 Å². The highest BCUT2D eigenvalue weighted by atomic mass is 79.9. The predicted molar refractivity (Wildman–Crippen MR) is 61.6 cm³/mol. The van der Waals surface area contributed by atoms with Gasteiger partial charge in [0.05, 0.1) is 0 Å². The highest BCUT2D eigenvalue weighted by molar-refractivity contribution is 9.10. The van der Waals surface area contributed by atoms with E-state index in [1.807, 2.05) is 0 Å². The van der Waals surface area contributed by atoms with Crippen LogP contribution >= 0.6 is 15.9 Å².